The summed E-state index contributed by atoms with van der Waals surface area (Å²) in [6.45, 7) is 1.97. The number of nitrogens with one attached hydrogen (secondary N) is 1. The van der Waals surface area contributed by atoms with E-state index in [9.17, 15) is 12.8 Å². The molecule has 2 aromatic rings. The van der Waals surface area contributed by atoms with Gasteiger partial charge in [-0.2, -0.15) is 0 Å². The van der Waals surface area contributed by atoms with Crippen molar-refractivity contribution in [2.75, 3.05) is 33.9 Å². The molecule has 3 rings (SSSR count). The molecule has 1 fully saturated rings. The summed E-state index contributed by atoms with van der Waals surface area (Å²) in [5, 5.41) is 0. The molecular weight excluding hydrogens is 383 g/mol. The lowest BCUT2D eigenvalue weighted by Gasteiger charge is -2.28. The van der Waals surface area contributed by atoms with Gasteiger partial charge in [-0.1, -0.05) is 30.3 Å². The van der Waals surface area contributed by atoms with Crippen LogP contribution in [0.4, 0.5) is 4.39 Å². The fraction of sp³-hybridized carbons (Fsp3) is 0.400. The van der Waals surface area contributed by atoms with Gasteiger partial charge in [0.2, 0.25) is 10.0 Å². The van der Waals surface area contributed by atoms with Gasteiger partial charge >= 0.3 is 0 Å². The van der Waals surface area contributed by atoms with Crippen molar-refractivity contribution in [1.82, 2.24) is 9.62 Å². The molecule has 6 nitrogen and oxygen atoms in total. The molecule has 1 aliphatic heterocycles. The lowest BCUT2D eigenvalue weighted by Crippen LogP contribution is -2.37. The largest absolute Gasteiger partial charge is 0.493 e. The number of ether oxygens (including phenoxy) is 2. The second-order valence-electron chi connectivity index (χ2n) is 6.66. The van der Waals surface area contributed by atoms with Gasteiger partial charge in [-0.3, -0.25) is 4.90 Å². The lowest BCUT2D eigenvalue weighted by atomic mass is 10.1. The summed E-state index contributed by atoms with van der Waals surface area (Å²) < 4.78 is 52.8. The molecule has 1 aliphatic rings. The van der Waals surface area contributed by atoms with Gasteiger partial charge in [0, 0.05) is 24.7 Å². The molecule has 1 N–H and O–H groups in total. The van der Waals surface area contributed by atoms with Crippen molar-refractivity contribution in [3.63, 3.8) is 0 Å². The minimum absolute atomic E-state index is 0.110. The number of halogens is 1. The van der Waals surface area contributed by atoms with E-state index in [-0.39, 0.29) is 24.1 Å². The van der Waals surface area contributed by atoms with Gasteiger partial charge in [0.25, 0.3) is 0 Å². The predicted molar refractivity (Wildman–Crippen MR) is 105 cm³/mol. The van der Waals surface area contributed by atoms with Crippen LogP contribution in [0.1, 0.15) is 24.4 Å². The van der Waals surface area contributed by atoms with Crippen molar-refractivity contribution < 1.29 is 22.3 Å². The van der Waals surface area contributed by atoms with E-state index in [2.05, 4.69) is 9.62 Å². The first-order valence-electron chi connectivity index (χ1n) is 9.16. The third-order valence-electron chi connectivity index (χ3n) is 4.96. The average molecular weight is 408 g/mol. The molecule has 0 saturated carbocycles. The molecule has 0 aliphatic carbocycles. The maximum absolute atomic E-state index is 14.4. The number of rotatable bonds is 8. The highest BCUT2D eigenvalue weighted by molar-refractivity contribution is 7.89. The quantitative estimate of drug-likeness (QED) is 0.727. The maximum atomic E-state index is 14.4. The van der Waals surface area contributed by atoms with Crippen molar-refractivity contribution in [3.8, 4) is 11.5 Å². The Morgan fingerprint density at radius 1 is 1.07 bits per heavy atom. The van der Waals surface area contributed by atoms with Crippen molar-refractivity contribution in [2.24, 2.45) is 0 Å². The molecule has 1 saturated heterocycles. The molecule has 0 bridgehead atoms. The molecule has 0 spiro atoms. The summed E-state index contributed by atoms with van der Waals surface area (Å²) in [4.78, 5) is 1.79. The second-order valence-corrected chi connectivity index (χ2v) is 8.39. The Bertz CT molecular complexity index is 900. The van der Waals surface area contributed by atoms with Crippen LogP contribution in [0.5, 0.6) is 11.5 Å². The molecule has 28 heavy (non-hydrogen) atoms. The van der Waals surface area contributed by atoms with E-state index in [1.165, 1.54) is 14.2 Å². The third kappa shape index (κ3) is 4.45. The van der Waals surface area contributed by atoms with Crippen LogP contribution in [0.3, 0.4) is 0 Å². The van der Waals surface area contributed by atoms with Gasteiger partial charge in [-0.05, 0) is 31.5 Å². The van der Waals surface area contributed by atoms with Gasteiger partial charge in [0.15, 0.2) is 11.5 Å². The Kier molecular flexibility index (Phi) is 6.53. The van der Waals surface area contributed by atoms with Crippen molar-refractivity contribution >= 4 is 10.0 Å². The number of sulfonamides is 1. The Balaban J connectivity index is 1.85. The fourth-order valence-corrected chi connectivity index (χ4v) is 4.60. The molecule has 1 heterocycles. The molecule has 0 amide bonds. The molecule has 8 heteroatoms. The zero-order valence-electron chi connectivity index (χ0n) is 16.0. The van der Waals surface area contributed by atoms with Crippen LogP contribution in [-0.4, -0.2) is 47.2 Å². The summed E-state index contributed by atoms with van der Waals surface area (Å²) in [5.41, 5.74) is 1.03. The average Bonchev–Trinajstić information content (AvgIpc) is 3.23. The number of hydrogen-bond donors (Lipinski definition) is 1. The first-order chi connectivity index (χ1) is 13.5. The zero-order valence-corrected chi connectivity index (χ0v) is 16.8. The predicted octanol–water partition coefficient (Wildman–Crippen LogP) is 2.96. The number of hydrogen-bond acceptors (Lipinski definition) is 5. The first kappa shape index (κ1) is 20.6. The summed E-state index contributed by atoms with van der Waals surface area (Å²) in [7, 11) is -1.33. The standard InChI is InChI=1S/C20H25FN2O4S/c1-26-18-12-16(21)20(13-19(18)27-2)28(24,25)22-14-17(23-10-6-7-11-23)15-8-4-3-5-9-15/h3-5,8-9,12-13,17,22H,6-7,10-11,14H2,1-2H3/t17-/m0/s1. The van der Waals surface area contributed by atoms with Crippen LogP contribution < -0.4 is 14.2 Å². The Morgan fingerprint density at radius 2 is 1.68 bits per heavy atom. The highest BCUT2D eigenvalue weighted by atomic mass is 32.2. The van der Waals surface area contributed by atoms with E-state index in [4.69, 9.17) is 9.47 Å². The van der Waals surface area contributed by atoms with Crippen LogP contribution in [0.25, 0.3) is 0 Å². The van der Waals surface area contributed by atoms with Crippen LogP contribution in [0, 0.1) is 5.82 Å². The minimum Gasteiger partial charge on any atom is -0.493 e. The number of benzene rings is 2. The maximum Gasteiger partial charge on any atom is 0.243 e. The van der Waals surface area contributed by atoms with Gasteiger partial charge in [-0.15, -0.1) is 0 Å². The summed E-state index contributed by atoms with van der Waals surface area (Å²) in [6.07, 6.45) is 2.17. The molecule has 0 aromatic heterocycles. The van der Waals surface area contributed by atoms with Crippen LogP contribution in [-0.2, 0) is 10.0 Å². The van der Waals surface area contributed by atoms with Crippen molar-refractivity contribution in [3.05, 3.63) is 53.8 Å². The van der Waals surface area contributed by atoms with E-state index >= 15 is 0 Å². The summed E-state index contributed by atoms with van der Waals surface area (Å²) in [6, 6.07) is 11.8. The van der Waals surface area contributed by atoms with Crippen LogP contribution in [0.15, 0.2) is 47.4 Å². The van der Waals surface area contributed by atoms with E-state index < -0.39 is 20.7 Å². The molecule has 152 valence electrons. The van der Waals surface area contributed by atoms with Crippen molar-refractivity contribution in [2.45, 2.75) is 23.8 Å². The Hall–Kier alpha value is -2.16. The number of methoxy groups -OCH3 is 2. The molecule has 0 unspecified atom stereocenters. The lowest BCUT2D eigenvalue weighted by molar-refractivity contribution is 0.246. The smallest absolute Gasteiger partial charge is 0.243 e. The third-order valence-corrected chi connectivity index (χ3v) is 6.40. The molecular formula is C20H25FN2O4S. The Morgan fingerprint density at radius 3 is 2.29 bits per heavy atom. The van der Waals surface area contributed by atoms with Crippen LogP contribution in [0.2, 0.25) is 0 Å². The van der Waals surface area contributed by atoms with Crippen molar-refractivity contribution in [1.29, 1.82) is 0 Å². The minimum atomic E-state index is -4.07. The second kappa shape index (κ2) is 8.89. The van der Waals surface area contributed by atoms with E-state index in [0.717, 1.165) is 43.6 Å². The Labute approximate surface area is 165 Å². The van der Waals surface area contributed by atoms with E-state index in [0.29, 0.717) is 0 Å². The SMILES string of the molecule is COc1cc(F)c(S(=O)(=O)NC[C@@H](c2ccccc2)N2CCCC2)cc1OC. The van der Waals surface area contributed by atoms with Gasteiger partial charge < -0.3 is 9.47 Å². The highest BCUT2D eigenvalue weighted by Gasteiger charge is 2.27. The number of likely N-dealkylation sites (tertiary alicyclic amines) is 1. The van der Waals surface area contributed by atoms with Gasteiger partial charge in [0.05, 0.1) is 14.2 Å². The van der Waals surface area contributed by atoms with Crippen LogP contribution >= 0.6 is 0 Å². The van der Waals surface area contributed by atoms with E-state index in [1.54, 1.807) is 0 Å². The fourth-order valence-electron chi connectivity index (χ4n) is 3.49. The van der Waals surface area contributed by atoms with E-state index in [1.807, 2.05) is 30.3 Å². The normalized spacial score (nSPS) is 16.1. The topological polar surface area (TPSA) is 67.9 Å². The number of nitrogens with zero attached hydrogens (tertiary/aromatic N) is 1. The van der Waals surface area contributed by atoms with Gasteiger partial charge in [-0.25, -0.2) is 17.5 Å². The molecule has 0 radical (unpaired) electrons. The monoisotopic (exact) mass is 408 g/mol. The molecule has 2 aromatic carbocycles. The highest BCUT2D eigenvalue weighted by Crippen LogP contribution is 2.32. The summed E-state index contributed by atoms with van der Waals surface area (Å²) >= 11 is 0. The first-order valence-corrected chi connectivity index (χ1v) is 10.6. The molecule has 1 atom stereocenters. The van der Waals surface area contributed by atoms with Gasteiger partial charge in [0.1, 0.15) is 10.7 Å². The zero-order chi connectivity index (χ0) is 20.1. The summed E-state index contributed by atoms with van der Waals surface area (Å²) in [5.74, 6) is -0.593.